The molecule has 23 heavy (non-hydrogen) atoms. The number of rotatable bonds is 3. The number of aryl methyl sites for hydroxylation is 3. The van der Waals surface area contributed by atoms with Crippen molar-refractivity contribution in [2.24, 2.45) is 0 Å². The lowest BCUT2D eigenvalue weighted by Gasteiger charge is -2.20. The second-order valence-electron chi connectivity index (χ2n) is 7.30. The van der Waals surface area contributed by atoms with Gasteiger partial charge in [-0.15, -0.1) is 0 Å². The summed E-state index contributed by atoms with van der Waals surface area (Å²) in [6.07, 6.45) is 0.293. The van der Waals surface area contributed by atoms with Gasteiger partial charge in [-0.05, 0) is 60.1 Å². The highest BCUT2D eigenvalue weighted by Crippen LogP contribution is 2.27. The molecule has 0 radical (unpaired) electrons. The fourth-order valence-electron chi connectivity index (χ4n) is 2.47. The Bertz CT molecular complexity index is 721. The van der Waals surface area contributed by atoms with Crippen molar-refractivity contribution in [1.82, 2.24) is 0 Å². The molecule has 2 aromatic carbocycles. The predicted octanol–water partition coefficient (Wildman–Crippen LogP) is 5.06. The molecule has 0 saturated heterocycles. The Hall–Kier alpha value is -2.09. The second kappa shape index (κ2) is 6.57. The number of hydrogen-bond donors (Lipinski definition) is 0. The van der Waals surface area contributed by atoms with Crippen molar-refractivity contribution in [3.05, 3.63) is 64.2 Å². The van der Waals surface area contributed by atoms with Gasteiger partial charge in [-0.3, -0.25) is 4.79 Å². The third-order valence-electron chi connectivity index (χ3n) is 4.18. The number of esters is 1. The van der Waals surface area contributed by atoms with Crippen LogP contribution >= 0.6 is 0 Å². The van der Waals surface area contributed by atoms with Crippen LogP contribution in [0.25, 0.3) is 0 Å². The van der Waals surface area contributed by atoms with Crippen LogP contribution in [0.1, 0.15) is 48.6 Å². The van der Waals surface area contributed by atoms with Gasteiger partial charge in [-0.25, -0.2) is 0 Å². The van der Waals surface area contributed by atoms with Crippen LogP contribution in [-0.4, -0.2) is 5.97 Å². The van der Waals surface area contributed by atoms with E-state index in [2.05, 4.69) is 40.7 Å². The first-order valence-corrected chi connectivity index (χ1v) is 8.05. The van der Waals surface area contributed by atoms with Crippen molar-refractivity contribution in [3.8, 4) is 5.75 Å². The van der Waals surface area contributed by atoms with Crippen molar-refractivity contribution in [2.45, 2.75) is 53.4 Å². The average Bonchev–Trinajstić information content (AvgIpc) is 2.44. The highest BCUT2D eigenvalue weighted by molar-refractivity contribution is 5.75. The van der Waals surface area contributed by atoms with Gasteiger partial charge in [-0.1, -0.05) is 51.1 Å². The Labute approximate surface area is 139 Å². The van der Waals surface area contributed by atoms with E-state index in [0.717, 1.165) is 11.1 Å². The minimum atomic E-state index is -0.222. The monoisotopic (exact) mass is 310 g/mol. The number of hydrogen-bond acceptors (Lipinski definition) is 2. The summed E-state index contributed by atoms with van der Waals surface area (Å²) in [5, 5.41) is 0. The van der Waals surface area contributed by atoms with Gasteiger partial charge in [0, 0.05) is 0 Å². The highest BCUT2D eigenvalue weighted by Gasteiger charge is 2.16. The summed E-state index contributed by atoms with van der Waals surface area (Å²) in [6.45, 7) is 12.6. The van der Waals surface area contributed by atoms with Crippen LogP contribution in [0, 0.1) is 20.8 Å². The van der Waals surface area contributed by atoms with Crippen LogP contribution in [0.4, 0.5) is 0 Å². The Kier molecular flexibility index (Phi) is 4.93. The Balaban J connectivity index is 2.09. The molecule has 0 bridgehead atoms. The van der Waals surface area contributed by atoms with Crippen molar-refractivity contribution < 1.29 is 9.53 Å². The largest absolute Gasteiger partial charge is 0.426 e. The molecule has 0 spiro atoms. The molecule has 122 valence electrons. The molecule has 0 saturated carbocycles. The van der Waals surface area contributed by atoms with E-state index in [4.69, 9.17) is 4.74 Å². The molecule has 2 rings (SSSR count). The molecule has 0 N–H and O–H groups in total. The van der Waals surface area contributed by atoms with Crippen LogP contribution in [-0.2, 0) is 16.6 Å². The van der Waals surface area contributed by atoms with Gasteiger partial charge >= 0.3 is 5.97 Å². The molecular weight excluding hydrogens is 284 g/mol. The lowest BCUT2D eigenvalue weighted by Crippen LogP contribution is -2.14. The van der Waals surface area contributed by atoms with E-state index < -0.39 is 0 Å². The normalized spacial score (nSPS) is 11.4. The average molecular weight is 310 g/mol. The standard InChI is InChI=1S/C21H26O2/c1-14-7-8-17(11-15(14)2)13-20(22)23-19-10-9-18(12-16(19)3)21(4,5)6/h7-12H,13H2,1-6H3. The summed E-state index contributed by atoms with van der Waals surface area (Å²) in [7, 11) is 0. The van der Waals surface area contributed by atoms with Gasteiger partial charge in [0.25, 0.3) is 0 Å². The van der Waals surface area contributed by atoms with Gasteiger partial charge in [-0.2, -0.15) is 0 Å². The molecule has 0 amide bonds. The second-order valence-corrected chi connectivity index (χ2v) is 7.30. The van der Waals surface area contributed by atoms with E-state index in [9.17, 15) is 4.79 Å². The van der Waals surface area contributed by atoms with E-state index in [1.54, 1.807) is 0 Å². The molecule has 0 aromatic heterocycles. The third-order valence-corrected chi connectivity index (χ3v) is 4.18. The van der Waals surface area contributed by atoms with E-state index in [1.165, 1.54) is 16.7 Å². The molecule has 0 unspecified atom stereocenters. The van der Waals surface area contributed by atoms with Crippen molar-refractivity contribution in [2.75, 3.05) is 0 Å². The fraction of sp³-hybridized carbons (Fsp3) is 0.381. The summed E-state index contributed by atoms with van der Waals surface area (Å²) in [5.41, 5.74) is 5.74. The van der Waals surface area contributed by atoms with Crippen LogP contribution < -0.4 is 4.74 Å². The first kappa shape index (κ1) is 17.3. The molecule has 2 aromatic rings. The summed E-state index contributed by atoms with van der Waals surface area (Å²) in [4.78, 5) is 12.2. The van der Waals surface area contributed by atoms with Crippen LogP contribution in [0.5, 0.6) is 5.75 Å². The number of benzene rings is 2. The Morgan fingerprint density at radius 3 is 2.17 bits per heavy atom. The maximum Gasteiger partial charge on any atom is 0.315 e. The first-order chi connectivity index (χ1) is 10.7. The van der Waals surface area contributed by atoms with Crippen molar-refractivity contribution in [3.63, 3.8) is 0 Å². The summed E-state index contributed by atoms with van der Waals surface area (Å²) in [5.74, 6) is 0.423. The molecule has 0 heterocycles. The number of carbonyl (C=O) groups excluding carboxylic acids is 1. The topological polar surface area (TPSA) is 26.3 Å². The van der Waals surface area contributed by atoms with E-state index >= 15 is 0 Å². The lowest BCUT2D eigenvalue weighted by atomic mass is 9.86. The molecule has 2 nitrogen and oxygen atoms in total. The Morgan fingerprint density at radius 1 is 0.913 bits per heavy atom. The molecule has 0 aliphatic carbocycles. The SMILES string of the molecule is Cc1ccc(CC(=O)Oc2ccc(C(C)(C)C)cc2C)cc1C. The van der Waals surface area contributed by atoms with Crippen LogP contribution in [0.15, 0.2) is 36.4 Å². The summed E-state index contributed by atoms with van der Waals surface area (Å²) < 4.78 is 5.55. The van der Waals surface area contributed by atoms with E-state index in [1.807, 2.05) is 37.3 Å². The first-order valence-electron chi connectivity index (χ1n) is 8.05. The third kappa shape index (κ3) is 4.44. The van der Waals surface area contributed by atoms with Gasteiger partial charge in [0.15, 0.2) is 0 Å². The van der Waals surface area contributed by atoms with E-state index in [-0.39, 0.29) is 11.4 Å². The molecular formula is C21H26O2. The minimum Gasteiger partial charge on any atom is -0.426 e. The summed E-state index contributed by atoms with van der Waals surface area (Å²) >= 11 is 0. The van der Waals surface area contributed by atoms with Gasteiger partial charge < -0.3 is 4.74 Å². The number of ether oxygens (including phenoxy) is 1. The Morgan fingerprint density at radius 2 is 1.61 bits per heavy atom. The zero-order valence-corrected chi connectivity index (χ0v) is 15.0. The van der Waals surface area contributed by atoms with Crippen molar-refractivity contribution >= 4 is 5.97 Å². The van der Waals surface area contributed by atoms with Gasteiger partial charge in [0.05, 0.1) is 6.42 Å². The maximum atomic E-state index is 12.2. The van der Waals surface area contributed by atoms with Crippen LogP contribution in [0.3, 0.4) is 0 Å². The fourth-order valence-corrected chi connectivity index (χ4v) is 2.47. The minimum absolute atomic E-state index is 0.0900. The zero-order valence-electron chi connectivity index (χ0n) is 15.0. The predicted molar refractivity (Wildman–Crippen MR) is 95.1 cm³/mol. The molecule has 0 aliphatic heterocycles. The zero-order chi connectivity index (χ0) is 17.2. The van der Waals surface area contributed by atoms with Crippen LogP contribution in [0.2, 0.25) is 0 Å². The molecule has 0 aliphatic rings. The van der Waals surface area contributed by atoms with Crippen molar-refractivity contribution in [1.29, 1.82) is 0 Å². The molecule has 0 atom stereocenters. The lowest BCUT2D eigenvalue weighted by molar-refractivity contribution is -0.133. The quantitative estimate of drug-likeness (QED) is 0.585. The molecule has 0 fully saturated rings. The smallest absolute Gasteiger partial charge is 0.315 e. The van der Waals surface area contributed by atoms with Gasteiger partial charge in [0.2, 0.25) is 0 Å². The highest BCUT2D eigenvalue weighted by atomic mass is 16.5. The number of carbonyl (C=O) groups is 1. The van der Waals surface area contributed by atoms with Gasteiger partial charge in [0.1, 0.15) is 5.75 Å². The maximum absolute atomic E-state index is 12.2. The summed E-state index contributed by atoms with van der Waals surface area (Å²) in [6, 6.07) is 12.1. The van der Waals surface area contributed by atoms with E-state index in [0.29, 0.717) is 12.2 Å². The molecule has 2 heteroatoms.